The van der Waals surface area contributed by atoms with E-state index in [-0.39, 0.29) is 11.3 Å². The van der Waals surface area contributed by atoms with Crippen molar-refractivity contribution in [3.63, 3.8) is 0 Å². The van der Waals surface area contributed by atoms with Gasteiger partial charge in [-0.25, -0.2) is 14.2 Å². The van der Waals surface area contributed by atoms with Crippen LogP contribution in [0.1, 0.15) is 26.3 Å². The lowest BCUT2D eigenvalue weighted by molar-refractivity contribution is -0.218. The van der Waals surface area contributed by atoms with Crippen molar-refractivity contribution in [3.05, 3.63) is 29.6 Å². The maximum atomic E-state index is 14.7. The van der Waals surface area contributed by atoms with Crippen LogP contribution in [0.3, 0.4) is 0 Å². The van der Waals surface area contributed by atoms with E-state index in [9.17, 15) is 27.2 Å². The largest absolute Gasteiger partial charge is 0.444 e. The summed E-state index contributed by atoms with van der Waals surface area (Å²) in [5, 5.41) is 2.25. The number of alkyl carbamates (subject to hydrolysis) is 1. The number of aliphatic imine (C=N–C) groups is 1. The fraction of sp³-hybridized carbons (Fsp3) is 0.526. The van der Waals surface area contributed by atoms with Crippen molar-refractivity contribution in [1.29, 1.82) is 0 Å². The second kappa shape index (κ2) is 7.36. The highest BCUT2D eigenvalue weighted by atomic mass is 19.4. The lowest BCUT2D eigenvalue weighted by atomic mass is 9.76. The number of hydrogen-bond acceptors (Lipinski definition) is 6. The van der Waals surface area contributed by atoms with Crippen molar-refractivity contribution in [2.45, 2.75) is 44.2 Å². The Kier molecular flexibility index (Phi) is 5.41. The minimum Gasteiger partial charge on any atom is -0.444 e. The summed E-state index contributed by atoms with van der Waals surface area (Å²) in [4.78, 5) is 30.2. The Balaban J connectivity index is 2.16. The normalized spacial score (nSPS) is 26.4. The zero-order valence-corrected chi connectivity index (χ0v) is 17.2. The van der Waals surface area contributed by atoms with Gasteiger partial charge in [-0.3, -0.25) is 15.0 Å². The fourth-order valence-corrected chi connectivity index (χ4v) is 3.64. The highest BCUT2D eigenvalue weighted by Crippen LogP contribution is 2.51. The van der Waals surface area contributed by atoms with E-state index in [1.807, 2.05) is 0 Å². The molecule has 12 heteroatoms. The van der Waals surface area contributed by atoms with Crippen LogP contribution >= 0.6 is 0 Å². The summed E-state index contributed by atoms with van der Waals surface area (Å²) in [6, 6.07) is 3.30. The molecule has 0 saturated carbocycles. The number of hydrogen-bond donors (Lipinski definition) is 2. The van der Waals surface area contributed by atoms with Gasteiger partial charge in [0.25, 0.3) is 0 Å². The zero-order valence-electron chi connectivity index (χ0n) is 17.2. The number of carbonyl (C=O) groups is 2. The zero-order chi connectivity index (χ0) is 23.4. The van der Waals surface area contributed by atoms with Gasteiger partial charge in [-0.05, 0) is 39.0 Å². The molecular formula is C19H22F4N4O4. The number of halogens is 4. The third-order valence-corrected chi connectivity index (χ3v) is 4.91. The van der Waals surface area contributed by atoms with Crippen LogP contribution in [0.2, 0.25) is 0 Å². The molecule has 3 atom stereocenters. The number of guanidine groups is 1. The second-order valence-electron chi connectivity index (χ2n) is 8.37. The minimum atomic E-state index is -4.91. The monoisotopic (exact) mass is 446 g/mol. The van der Waals surface area contributed by atoms with E-state index in [2.05, 4.69) is 10.3 Å². The quantitative estimate of drug-likeness (QED) is 0.510. The van der Waals surface area contributed by atoms with Gasteiger partial charge in [-0.15, -0.1) is 0 Å². The van der Waals surface area contributed by atoms with Crippen LogP contribution in [-0.4, -0.2) is 54.4 Å². The van der Waals surface area contributed by atoms with E-state index in [0.29, 0.717) is 0 Å². The van der Waals surface area contributed by atoms with E-state index in [1.165, 1.54) is 6.07 Å². The Bertz CT molecular complexity index is 944. The summed E-state index contributed by atoms with van der Waals surface area (Å²) in [6.45, 7) is 4.05. The molecule has 2 heterocycles. The summed E-state index contributed by atoms with van der Waals surface area (Å²) in [5.41, 5.74) is 2.46. The van der Waals surface area contributed by atoms with Gasteiger partial charge < -0.3 is 15.2 Å². The first-order chi connectivity index (χ1) is 14.2. The van der Waals surface area contributed by atoms with E-state index in [1.54, 1.807) is 20.8 Å². The SMILES string of the molecule is CN1C(=O)[C@@H]2[C@@H](C(F)(F)F)OC[C@]2(c2cc(N)ccc2F)N=C1NC(=O)OC(C)(C)C. The Morgan fingerprint density at radius 1 is 1.35 bits per heavy atom. The van der Waals surface area contributed by atoms with E-state index < -0.39 is 59.7 Å². The van der Waals surface area contributed by atoms with E-state index >= 15 is 0 Å². The molecule has 1 aromatic carbocycles. The molecule has 3 rings (SSSR count). The van der Waals surface area contributed by atoms with Gasteiger partial charge in [0, 0.05) is 18.3 Å². The highest BCUT2D eigenvalue weighted by Gasteiger charge is 2.66. The molecule has 1 aromatic rings. The van der Waals surface area contributed by atoms with Crippen molar-refractivity contribution < 1.29 is 36.6 Å². The summed E-state index contributed by atoms with van der Waals surface area (Å²) in [7, 11) is 1.14. The molecule has 0 spiro atoms. The predicted molar refractivity (Wildman–Crippen MR) is 101 cm³/mol. The summed E-state index contributed by atoms with van der Waals surface area (Å²) >= 11 is 0. The molecule has 31 heavy (non-hydrogen) atoms. The number of nitrogens with zero attached hydrogens (tertiary/aromatic N) is 2. The van der Waals surface area contributed by atoms with Gasteiger partial charge in [0.05, 0.1) is 6.61 Å². The van der Waals surface area contributed by atoms with Crippen molar-refractivity contribution in [2.24, 2.45) is 10.9 Å². The first kappa shape index (κ1) is 22.8. The molecule has 2 aliphatic rings. The van der Waals surface area contributed by atoms with Gasteiger partial charge in [-0.1, -0.05) is 0 Å². The summed E-state index contributed by atoms with van der Waals surface area (Å²) < 4.78 is 65.7. The second-order valence-corrected chi connectivity index (χ2v) is 8.37. The van der Waals surface area contributed by atoms with Gasteiger partial charge in [0.15, 0.2) is 6.10 Å². The number of rotatable bonds is 1. The number of nitrogens with one attached hydrogen (secondary N) is 1. The van der Waals surface area contributed by atoms with Crippen LogP contribution in [0.15, 0.2) is 23.2 Å². The molecule has 3 N–H and O–H groups in total. The van der Waals surface area contributed by atoms with Crippen LogP contribution in [0.4, 0.5) is 28.0 Å². The molecule has 170 valence electrons. The average molecular weight is 446 g/mol. The van der Waals surface area contributed by atoms with Crippen LogP contribution in [0, 0.1) is 11.7 Å². The first-order valence-corrected chi connectivity index (χ1v) is 9.27. The van der Waals surface area contributed by atoms with Crippen LogP contribution < -0.4 is 11.1 Å². The van der Waals surface area contributed by atoms with Gasteiger partial charge in [-0.2, -0.15) is 13.2 Å². The number of nitrogen functional groups attached to an aromatic ring is 1. The van der Waals surface area contributed by atoms with E-state index in [0.717, 1.165) is 24.1 Å². The molecular weight excluding hydrogens is 424 g/mol. The number of anilines is 1. The Hall–Kier alpha value is -2.89. The van der Waals surface area contributed by atoms with Crippen molar-refractivity contribution in [2.75, 3.05) is 19.4 Å². The van der Waals surface area contributed by atoms with Crippen molar-refractivity contribution in [3.8, 4) is 0 Å². The van der Waals surface area contributed by atoms with Crippen LogP contribution in [0.5, 0.6) is 0 Å². The first-order valence-electron chi connectivity index (χ1n) is 9.27. The van der Waals surface area contributed by atoms with Crippen LogP contribution in [-0.2, 0) is 19.8 Å². The topological polar surface area (TPSA) is 106 Å². The Labute approximate surface area is 175 Å². The molecule has 2 amide bonds. The molecule has 0 unspecified atom stereocenters. The molecule has 0 bridgehead atoms. The maximum absolute atomic E-state index is 14.7. The summed E-state index contributed by atoms with van der Waals surface area (Å²) in [5.74, 6) is -4.28. The lowest BCUT2D eigenvalue weighted by Crippen LogP contribution is -2.59. The molecule has 2 aliphatic heterocycles. The van der Waals surface area contributed by atoms with Crippen molar-refractivity contribution >= 4 is 23.6 Å². The molecule has 0 radical (unpaired) electrons. The van der Waals surface area contributed by atoms with Gasteiger partial charge in [0.2, 0.25) is 11.9 Å². The molecule has 8 nitrogen and oxygen atoms in total. The number of benzene rings is 1. The molecule has 0 aromatic heterocycles. The number of fused-ring (bicyclic) bond motifs is 1. The maximum Gasteiger partial charge on any atom is 0.415 e. The molecule has 1 fully saturated rings. The third-order valence-electron chi connectivity index (χ3n) is 4.91. The number of alkyl halides is 3. The standard InChI is InChI=1S/C19H22F4N4O4/c1-17(2,3)31-16(29)25-15-26-18(10-7-9(24)5-6-11(10)20)8-30-13(19(21,22)23)12(18)14(28)27(15)4/h5-7,12-13H,8,24H2,1-4H3,(H,25,26,29)/t12-,13-,18+/m0/s1. The van der Waals surface area contributed by atoms with Crippen LogP contribution in [0.25, 0.3) is 0 Å². The van der Waals surface area contributed by atoms with E-state index in [4.69, 9.17) is 15.2 Å². The highest BCUT2D eigenvalue weighted by molar-refractivity contribution is 6.06. The van der Waals surface area contributed by atoms with Crippen molar-refractivity contribution in [1.82, 2.24) is 10.2 Å². The number of nitrogens with two attached hydrogens (primary N) is 1. The van der Waals surface area contributed by atoms with Gasteiger partial charge >= 0.3 is 12.3 Å². The molecule has 0 aliphatic carbocycles. The number of ether oxygens (including phenoxy) is 2. The predicted octanol–water partition coefficient (Wildman–Crippen LogP) is 2.53. The number of carbonyl (C=O) groups excluding carboxylic acids is 2. The molecule has 1 saturated heterocycles. The smallest absolute Gasteiger partial charge is 0.415 e. The number of amides is 2. The average Bonchev–Trinajstić information content (AvgIpc) is 3.00. The van der Waals surface area contributed by atoms with Gasteiger partial charge in [0.1, 0.15) is 22.9 Å². The Morgan fingerprint density at radius 3 is 2.58 bits per heavy atom. The fourth-order valence-electron chi connectivity index (χ4n) is 3.64. The third kappa shape index (κ3) is 4.16. The Morgan fingerprint density at radius 2 is 2.00 bits per heavy atom. The lowest BCUT2D eigenvalue weighted by Gasteiger charge is -2.40. The summed E-state index contributed by atoms with van der Waals surface area (Å²) in [6.07, 6.45) is -8.42. The minimum absolute atomic E-state index is 0.0585.